The Morgan fingerprint density at radius 3 is 2.68 bits per heavy atom. The number of fused-ring (bicyclic) bond motifs is 1. The summed E-state index contributed by atoms with van der Waals surface area (Å²) in [7, 11) is 1.68. The van der Waals surface area contributed by atoms with Crippen molar-refractivity contribution in [2.75, 3.05) is 13.7 Å². The van der Waals surface area contributed by atoms with E-state index >= 15 is 0 Å². The van der Waals surface area contributed by atoms with Crippen molar-refractivity contribution in [1.29, 1.82) is 0 Å². The number of nitrogens with one attached hydrogen (secondary N) is 2. The molecule has 0 aromatic heterocycles. The molecule has 0 bridgehead atoms. The van der Waals surface area contributed by atoms with Gasteiger partial charge >= 0.3 is 6.03 Å². The summed E-state index contributed by atoms with van der Waals surface area (Å²) in [6.45, 7) is 0.622. The quantitative estimate of drug-likeness (QED) is 0.757. The van der Waals surface area contributed by atoms with Crippen LogP contribution in [0.4, 0.5) is 4.79 Å². The molecule has 2 aromatic rings. The Labute approximate surface area is 148 Å². The average molecular weight is 340 g/mol. The van der Waals surface area contributed by atoms with E-state index in [0.717, 1.165) is 41.7 Å². The molecule has 132 valence electrons. The van der Waals surface area contributed by atoms with Crippen molar-refractivity contribution >= 4 is 6.03 Å². The fourth-order valence-electron chi connectivity index (χ4n) is 3.30. The molecule has 0 saturated carbocycles. The summed E-state index contributed by atoms with van der Waals surface area (Å²) in [5.74, 6) is 0.897. The maximum absolute atomic E-state index is 12.2. The first kappa shape index (κ1) is 17.3. The molecule has 0 aliphatic heterocycles. The fraction of sp³-hybridized carbons (Fsp3) is 0.350. The van der Waals surface area contributed by atoms with Crippen LogP contribution < -0.4 is 15.4 Å². The van der Waals surface area contributed by atoms with Crippen LogP contribution in [0.15, 0.2) is 42.5 Å². The van der Waals surface area contributed by atoms with Crippen LogP contribution in [-0.2, 0) is 19.4 Å². The van der Waals surface area contributed by atoms with Gasteiger partial charge in [-0.3, -0.25) is 0 Å². The summed E-state index contributed by atoms with van der Waals surface area (Å²) in [5.41, 5.74) is 4.37. The standard InChI is InChI=1S/C20H24N2O3/c1-25-19-4-2-3-16-17(19)9-10-18(16)22-20(24)21-12-11-14-5-7-15(13-23)8-6-14/h2-8,18,23H,9-13H2,1H3,(H2,21,22,24). The number of hydrogen-bond donors (Lipinski definition) is 3. The number of amides is 2. The zero-order chi connectivity index (χ0) is 17.6. The Bertz CT molecular complexity index is 728. The molecule has 5 nitrogen and oxygen atoms in total. The molecule has 0 saturated heterocycles. The molecule has 3 N–H and O–H groups in total. The van der Waals surface area contributed by atoms with Gasteiger partial charge in [-0.05, 0) is 47.6 Å². The monoisotopic (exact) mass is 340 g/mol. The summed E-state index contributed by atoms with van der Waals surface area (Å²) in [5, 5.41) is 15.0. The number of rotatable bonds is 6. The van der Waals surface area contributed by atoms with Gasteiger partial charge in [0, 0.05) is 6.54 Å². The van der Waals surface area contributed by atoms with Gasteiger partial charge in [-0.2, -0.15) is 0 Å². The van der Waals surface area contributed by atoms with Crippen molar-refractivity contribution < 1.29 is 14.6 Å². The minimum Gasteiger partial charge on any atom is -0.496 e. The van der Waals surface area contributed by atoms with Crippen molar-refractivity contribution in [2.45, 2.75) is 31.9 Å². The number of aliphatic hydroxyl groups is 1. The van der Waals surface area contributed by atoms with E-state index in [9.17, 15) is 4.79 Å². The van der Waals surface area contributed by atoms with Gasteiger partial charge in [0.25, 0.3) is 0 Å². The summed E-state index contributed by atoms with van der Waals surface area (Å²) < 4.78 is 5.40. The maximum atomic E-state index is 12.2. The lowest BCUT2D eigenvalue weighted by Crippen LogP contribution is -2.38. The lowest BCUT2D eigenvalue weighted by Gasteiger charge is -2.15. The van der Waals surface area contributed by atoms with E-state index in [-0.39, 0.29) is 18.7 Å². The molecule has 0 heterocycles. The van der Waals surface area contributed by atoms with Gasteiger partial charge in [-0.25, -0.2) is 4.79 Å². The minimum absolute atomic E-state index is 0.0361. The number of methoxy groups -OCH3 is 1. The van der Waals surface area contributed by atoms with Crippen LogP contribution in [0.3, 0.4) is 0 Å². The Kier molecular flexibility index (Phi) is 5.56. The maximum Gasteiger partial charge on any atom is 0.315 e. The highest BCUT2D eigenvalue weighted by Crippen LogP contribution is 2.36. The van der Waals surface area contributed by atoms with Crippen LogP contribution in [-0.4, -0.2) is 24.8 Å². The summed E-state index contributed by atoms with van der Waals surface area (Å²) in [6, 6.07) is 13.6. The molecule has 1 unspecified atom stereocenters. The molecule has 1 atom stereocenters. The minimum atomic E-state index is -0.146. The number of aliphatic hydroxyl groups excluding tert-OH is 1. The van der Waals surface area contributed by atoms with Crippen LogP contribution in [0.2, 0.25) is 0 Å². The third-order valence-electron chi connectivity index (χ3n) is 4.66. The fourth-order valence-corrected chi connectivity index (χ4v) is 3.30. The molecule has 5 heteroatoms. The van der Waals surface area contributed by atoms with Crippen molar-refractivity contribution in [3.8, 4) is 5.75 Å². The number of urea groups is 1. The molecular weight excluding hydrogens is 316 g/mol. The topological polar surface area (TPSA) is 70.6 Å². The second kappa shape index (κ2) is 8.03. The highest BCUT2D eigenvalue weighted by molar-refractivity contribution is 5.74. The van der Waals surface area contributed by atoms with E-state index in [0.29, 0.717) is 6.54 Å². The average Bonchev–Trinajstić information content (AvgIpc) is 3.05. The van der Waals surface area contributed by atoms with Gasteiger partial charge in [-0.1, -0.05) is 36.4 Å². The Morgan fingerprint density at radius 1 is 1.20 bits per heavy atom. The molecule has 2 aromatic carbocycles. The number of carbonyl (C=O) groups excluding carboxylic acids is 1. The Balaban J connectivity index is 1.49. The first-order chi connectivity index (χ1) is 12.2. The van der Waals surface area contributed by atoms with Gasteiger partial charge in [0.2, 0.25) is 0 Å². The molecule has 2 amide bonds. The zero-order valence-electron chi connectivity index (χ0n) is 14.4. The highest BCUT2D eigenvalue weighted by Gasteiger charge is 2.26. The Hall–Kier alpha value is -2.53. The molecule has 0 spiro atoms. The molecule has 0 radical (unpaired) electrons. The van der Waals surface area contributed by atoms with Crippen molar-refractivity contribution in [1.82, 2.24) is 10.6 Å². The van der Waals surface area contributed by atoms with Gasteiger partial charge < -0.3 is 20.5 Å². The highest BCUT2D eigenvalue weighted by atomic mass is 16.5. The number of ether oxygens (including phenoxy) is 1. The lowest BCUT2D eigenvalue weighted by atomic mass is 10.1. The van der Waals surface area contributed by atoms with Crippen LogP contribution >= 0.6 is 0 Å². The van der Waals surface area contributed by atoms with E-state index in [1.54, 1.807) is 7.11 Å². The number of hydrogen-bond acceptors (Lipinski definition) is 3. The summed E-state index contributed by atoms with van der Waals surface area (Å²) in [4.78, 5) is 12.2. The van der Waals surface area contributed by atoms with Crippen LogP contribution in [0.25, 0.3) is 0 Å². The largest absolute Gasteiger partial charge is 0.496 e. The van der Waals surface area contributed by atoms with Crippen molar-refractivity contribution in [3.63, 3.8) is 0 Å². The van der Waals surface area contributed by atoms with Crippen LogP contribution in [0, 0.1) is 0 Å². The lowest BCUT2D eigenvalue weighted by molar-refractivity contribution is 0.237. The molecule has 0 fully saturated rings. The normalized spacial score (nSPS) is 15.5. The van der Waals surface area contributed by atoms with Gasteiger partial charge in [0.05, 0.1) is 19.8 Å². The predicted octanol–water partition coefficient (Wildman–Crippen LogP) is 2.72. The molecule has 3 rings (SSSR count). The number of carbonyl (C=O) groups is 1. The van der Waals surface area contributed by atoms with Crippen LogP contribution in [0.5, 0.6) is 5.75 Å². The second-order valence-corrected chi connectivity index (χ2v) is 6.24. The third kappa shape index (κ3) is 4.12. The number of benzene rings is 2. The SMILES string of the molecule is COc1cccc2c1CCC2NC(=O)NCCc1ccc(CO)cc1. The summed E-state index contributed by atoms with van der Waals surface area (Å²) >= 11 is 0. The van der Waals surface area contributed by atoms with E-state index < -0.39 is 0 Å². The zero-order valence-corrected chi connectivity index (χ0v) is 14.4. The van der Waals surface area contributed by atoms with Gasteiger partial charge in [0.1, 0.15) is 5.75 Å². The van der Waals surface area contributed by atoms with Crippen LogP contribution in [0.1, 0.15) is 34.7 Å². The molecular formula is C20H24N2O3. The van der Waals surface area contributed by atoms with E-state index in [2.05, 4.69) is 16.7 Å². The molecule has 1 aliphatic rings. The molecule has 25 heavy (non-hydrogen) atoms. The molecule has 1 aliphatic carbocycles. The predicted molar refractivity (Wildman–Crippen MR) is 96.7 cm³/mol. The summed E-state index contributed by atoms with van der Waals surface area (Å²) in [6.07, 6.45) is 2.57. The van der Waals surface area contributed by atoms with E-state index in [4.69, 9.17) is 9.84 Å². The van der Waals surface area contributed by atoms with Gasteiger partial charge in [-0.15, -0.1) is 0 Å². The van der Waals surface area contributed by atoms with Gasteiger partial charge in [0.15, 0.2) is 0 Å². The van der Waals surface area contributed by atoms with E-state index in [1.807, 2.05) is 36.4 Å². The van der Waals surface area contributed by atoms with Crippen molar-refractivity contribution in [3.05, 3.63) is 64.7 Å². The Morgan fingerprint density at radius 2 is 1.96 bits per heavy atom. The second-order valence-electron chi connectivity index (χ2n) is 6.24. The smallest absolute Gasteiger partial charge is 0.315 e. The van der Waals surface area contributed by atoms with E-state index in [1.165, 1.54) is 5.56 Å². The third-order valence-corrected chi connectivity index (χ3v) is 4.66. The van der Waals surface area contributed by atoms with Crippen molar-refractivity contribution in [2.24, 2.45) is 0 Å². The first-order valence-electron chi connectivity index (χ1n) is 8.60. The first-order valence-corrected chi connectivity index (χ1v) is 8.60.